The predicted molar refractivity (Wildman–Crippen MR) is 135 cm³/mol. The van der Waals surface area contributed by atoms with Gasteiger partial charge in [0.2, 0.25) is 11.8 Å². The average molecular weight is 458 g/mol. The van der Waals surface area contributed by atoms with Crippen molar-refractivity contribution in [2.75, 3.05) is 30.3 Å². The van der Waals surface area contributed by atoms with Crippen molar-refractivity contribution in [2.45, 2.75) is 25.8 Å². The number of hydrogen-bond acceptors (Lipinski definition) is 4. The van der Waals surface area contributed by atoms with Crippen LogP contribution < -0.4 is 15.4 Å². The van der Waals surface area contributed by atoms with Crippen LogP contribution in [0.15, 0.2) is 84.9 Å². The Morgan fingerprint density at radius 2 is 1.50 bits per heavy atom. The Morgan fingerprint density at radius 3 is 2.18 bits per heavy atom. The Kier molecular flexibility index (Phi) is 7.94. The number of rotatable bonds is 8. The SMILES string of the molecule is CCOc1ccccc1NC(=O)[C@H](c1ccccc1)N1CCC(C(=O)Nc2ccccc2)CC1. The van der Waals surface area contributed by atoms with Crippen LogP contribution in [0.25, 0.3) is 0 Å². The first-order valence-electron chi connectivity index (χ1n) is 11.8. The van der Waals surface area contributed by atoms with Gasteiger partial charge in [-0.05, 0) is 62.7 Å². The molecule has 3 aromatic rings. The van der Waals surface area contributed by atoms with Crippen molar-refractivity contribution >= 4 is 23.2 Å². The van der Waals surface area contributed by atoms with Crippen LogP contribution in [0.4, 0.5) is 11.4 Å². The van der Waals surface area contributed by atoms with Gasteiger partial charge >= 0.3 is 0 Å². The van der Waals surface area contributed by atoms with Crippen LogP contribution in [0.5, 0.6) is 5.75 Å². The summed E-state index contributed by atoms with van der Waals surface area (Å²) in [5.74, 6) is 0.513. The summed E-state index contributed by atoms with van der Waals surface area (Å²) in [6.45, 7) is 3.76. The van der Waals surface area contributed by atoms with Gasteiger partial charge in [-0.1, -0.05) is 60.7 Å². The number of carbonyl (C=O) groups is 2. The van der Waals surface area contributed by atoms with Crippen molar-refractivity contribution in [3.05, 3.63) is 90.5 Å². The van der Waals surface area contributed by atoms with Gasteiger partial charge in [-0.3, -0.25) is 14.5 Å². The third kappa shape index (κ3) is 5.83. The van der Waals surface area contributed by atoms with Crippen LogP contribution in [0.3, 0.4) is 0 Å². The van der Waals surface area contributed by atoms with Crippen LogP contribution in [0.1, 0.15) is 31.4 Å². The molecule has 1 aliphatic heterocycles. The zero-order valence-corrected chi connectivity index (χ0v) is 19.4. The lowest BCUT2D eigenvalue weighted by atomic mass is 9.93. The number of piperidine rings is 1. The highest BCUT2D eigenvalue weighted by Crippen LogP contribution is 2.31. The molecule has 4 rings (SSSR count). The number of amides is 2. The maximum Gasteiger partial charge on any atom is 0.246 e. The van der Waals surface area contributed by atoms with Gasteiger partial charge in [-0.15, -0.1) is 0 Å². The van der Waals surface area contributed by atoms with Crippen LogP contribution in [0.2, 0.25) is 0 Å². The van der Waals surface area contributed by atoms with Crippen molar-refractivity contribution in [3.63, 3.8) is 0 Å². The first-order chi connectivity index (χ1) is 16.7. The topological polar surface area (TPSA) is 70.7 Å². The van der Waals surface area contributed by atoms with Crippen LogP contribution in [-0.2, 0) is 9.59 Å². The number of para-hydroxylation sites is 3. The number of anilines is 2. The average Bonchev–Trinajstić information content (AvgIpc) is 2.87. The Labute approximate surface area is 200 Å². The van der Waals surface area contributed by atoms with Crippen molar-refractivity contribution in [1.82, 2.24) is 4.90 Å². The molecule has 3 aromatic carbocycles. The third-order valence-electron chi connectivity index (χ3n) is 6.12. The van der Waals surface area contributed by atoms with Crippen molar-refractivity contribution < 1.29 is 14.3 Å². The second kappa shape index (κ2) is 11.5. The lowest BCUT2D eigenvalue weighted by Crippen LogP contribution is -2.44. The summed E-state index contributed by atoms with van der Waals surface area (Å²) in [6.07, 6.45) is 1.40. The van der Waals surface area contributed by atoms with Gasteiger partial charge in [0, 0.05) is 11.6 Å². The van der Waals surface area contributed by atoms with Crippen molar-refractivity contribution in [1.29, 1.82) is 0 Å². The number of nitrogens with zero attached hydrogens (tertiary/aromatic N) is 1. The van der Waals surface area contributed by atoms with E-state index >= 15 is 0 Å². The summed E-state index contributed by atoms with van der Waals surface area (Å²) in [5, 5.41) is 6.08. The Balaban J connectivity index is 1.46. The molecule has 0 bridgehead atoms. The summed E-state index contributed by atoms with van der Waals surface area (Å²) < 4.78 is 5.69. The first kappa shape index (κ1) is 23.5. The van der Waals surface area contributed by atoms with Crippen molar-refractivity contribution in [2.24, 2.45) is 5.92 Å². The molecular weight excluding hydrogens is 426 g/mol. The highest BCUT2D eigenvalue weighted by atomic mass is 16.5. The molecule has 176 valence electrons. The molecule has 6 heteroatoms. The van der Waals surface area contributed by atoms with Gasteiger partial charge in [-0.25, -0.2) is 0 Å². The lowest BCUT2D eigenvalue weighted by Gasteiger charge is -2.36. The summed E-state index contributed by atoms with van der Waals surface area (Å²) in [6, 6.07) is 26.4. The smallest absolute Gasteiger partial charge is 0.246 e. The number of ether oxygens (including phenoxy) is 1. The molecule has 0 aliphatic carbocycles. The molecular formula is C28H31N3O3. The van der Waals surface area contributed by atoms with E-state index in [0.717, 1.165) is 11.3 Å². The fraction of sp³-hybridized carbons (Fsp3) is 0.286. The standard InChI is InChI=1S/C28H31N3O3/c1-2-34-25-16-10-9-15-24(25)30-28(33)26(21-11-5-3-6-12-21)31-19-17-22(18-20-31)27(32)29-23-13-7-4-8-14-23/h3-16,22,26H,2,17-20H2,1H3,(H,29,32)(H,30,33)/t26-/m0/s1. The van der Waals surface area contributed by atoms with Gasteiger partial charge in [-0.2, -0.15) is 0 Å². The second-order valence-electron chi connectivity index (χ2n) is 8.40. The molecule has 6 nitrogen and oxygen atoms in total. The van der Waals surface area contributed by atoms with Gasteiger partial charge in [0.05, 0.1) is 12.3 Å². The van der Waals surface area contributed by atoms with E-state index in [-0.39, 0.29) is 17.7 Å². The summed E-state index contributed by atoms with van der Waals surface area (Å²) in [4.78, 5) is 28.5. The van der Waals surface area contributed by atoms with Crippen LogP contribution >= 0.6 is 0 Å². The number of benzene rings is 3. The molecule has 1 saturated heterocycles. The van der Waals surface area contributed by atoms with Gasteiger partial charge in [0.1, 0.15) is 11.8 Å². The maximum atomic E-state index is 13.5. The van der Waals surface area contributed by atoms with Crippen molar-refractivity contribution in [3.8, 4) is 5.75 Å². The molecule has 0 spiro atoms. The van der Waals surface area contributed by atoms with Gasteiger partial charge in [0.15, 0.2) is 0 Å². The molecule has 2 N–H and O–H groups in total. The minimum absolute atomic E-state index is 0.0391. The molecule has 1 fully saturated rings. The monoisotopic (exact) mass is 457 g/mol. The molecule has 2 amide bonds. The molecule has 1 aliphatic rings. The zero-order chi connectivity index (χ0) is 23.8. The molecule has 1 atom stereocenters. The molecule has 1 heterocycles. The number of carbonyl (C=O) groups excluding carboxylic acids is 2. The second-order valence-corrected chi connectivity index (χ2v) is 8.40. The third-order valence-corrected chi connectivity index (χ3v) is 6.12. The zero-order valence-electron chi connectivity index (χ0n) is 19.4. The fourth-order valence-electron chi connectivity index (χ4n) is 4.40. The van der Waals surface area contributed by atoms with Gasteiger partial charge in [0.25, 0.3) is 0 Å². The molecule has 0 unspecified atom stereocenters. The minimum atomic E-state index is -0.450. The van der Waals surface area contributed by atoms with E-state index < -0.39 is 6.04 Å². The molecule has 34 heavy (non-hydrogen) atoms. The quantitative estimate of drug-likeness (QED) is 0.493. The number of hydrogen-bond donors (Lipinski definition) is 2. The lowest BCUT2D eigenvalue weighted by molar-refractivity contribution is -0.124. The highest BCUT2D eigenvalue weighted by molar-refractivity contribution is 5.97. The Hall–Kier alpha value is -3.64. The highest BCUT2D eigenvalue weighted by Gasteiger charge is 2.33. The van der Waals surface area contributed by atoms with Gasteiger partial charge < -0.3 is 15.4 Å². The normalized spacial score (nSPS) is 15.3. The van der Waals surface area contributed by atoms with E-state index in [2.05, 4.69) is 15.5 Å². The number of nitrogens with one attached hydrogen (secondary N) is 2. The maximum absolute atomic E-state index is 13.5. The number of likely N-dealkylation sites (tertiary alicyclic amines) is 1. The van der Waals surface area contributed by atoms with E-state index in [1.165, 1.54) is 0 Å². The largest absolute Gasteiger partial charge is 0.492 e. The summed E-state index contributed by atoms with van der Waals surface area (Å²) in [7, 11) is 0. The first-order valence-corrected chi connectivity index (χ1v) is 11.8. The Bertz CT molecular complexity index is 1080. The van der Waals surface area contributed by atoms with Crippen LogP contribution in [-0.4, -0.2) is 36.4 Å². The van der Waals surface area contributed by atoms with E-state index in [0.29, 0.717) is 44.0 Å². The van der Waals surface area contributed by atoms with E-state index in [1.54, 1.807) is 0 Å². The Morgan fingerprint density at radius 1 is 0.882 bits per heavy atom. The summed E-state index contributed by atoms with van der Waals surface area (Å²) in [5.41, 5.74) is 2.40. The van der Waals surface area contributed by atoms with E-state index in [4.69, 9.17) is 4.74 Å². The molecule has 0 aromatic heterocycles. The minimum Gasteiger partial charge on any atom is -0.492 e. The van der Waals surface area contributed by atoms with E-state index in [1.807, 2.05) is 91.9 Å². The van der Waals surface area contributed by atoms with E-state index in [9.17, 15) is 9.59 Å². The van der Waals surface area contributed by atoms with Crippen LogP contribution in [0, 0.1) is 5.92 Å². The molecule has 0 radical (unpaired) electrons. The predicted octanol–water partition coefficient (Wildman–Crippen LogP) is 5.12. The fourth-order valence-corrected chi connectivity index (χ4v) is 4.40. The summed E-state index contributed by atoms with van der Waals surface area (Å²) >= 11 is 0. The molecule has 0 saturated carbocycles.